The van der Waals surface area contributed by atoms with Crippen molar-refractivity contribution in [3.8, 4) is 0 Å². The van der Waals surface area contributed by atoms with Gasteiger partial charge in [-0.3, -0.25) is 9.59 Å². The number of para-hydroxylation sites is 1. The van der Waals surface area contributed by atoms with Crippen LogP contribution in [0.5, 0.6) is 0 Å². The average molecular weight is 296 g/mol. The van der Waals surface area contributed by atoms with Gasteiger partial charge in [0.25, 0.3) is 11.7 Å². The fourth-order valence-corrected chi connectivity index (χ4v) is 2.03. The molecule has 0 saturated heterocycles. The molecule has 0 atom stereocenters. The number of benzene rings is 1. The smallest absolute Gasteiger partial charge is 0.261 e. The maximum Gasteiger partial charge on any atom is 0.261 e. The normalized spacial score (nSPS) is 10.4. The third-order valence-corrected chi connectivity index (χ3v) is 3.08. The molecule has 1 N–H and O–H groups in total. The van der Waals surface area contributed by atoms with Gasteiger partial charge in [0, 0.05) is 5.69 Å². The summed E-state index contributed by atoms with van der Waals surface area (Å²) in [6.45, 7) is 1.58. The highest BCUT2D eigenvalue weighted by atomic mass is 16.5. The monoisotopic (exact) mass is 296 g/mol. The average Bonchev–Trinajstić information content (AvgIpc) is 3.17. The Kier molecular flexibility index (Phi) is 3.57. The lowest BCUT2D eigenvalue weighted by atomic mass is 10.1. The van der Waals surface area contributed by atoms with Crippen LogP contribution < -0.4 is 5.32 Å². The van der Waals surface area contributed by atoms with E-state index in [9.17, 15) is 9.59 Å². The number of carbonyl (C=O) groups is 2. The topological polar surface area (TPSA) is 85.3 Å². The van der Waals surface area contributed by atoms with Gasteiger partial charge in [0.15, 0.2) is 11.5 Å². The van der Waals surface area contributed by atoms with Crippen molar-refractivity contribution in [1.82, 2.24) is 5.16 Å². The van der Waals surface area contributed by atoms with Gasteiger partial charge in [-0.25, -0.2) is 0 Å². The molecule has 0 unspecified atom stereocenters. The molecule has 1 amide bonds. The first-order valence-electron chi connectivity index (χ1n) is 6.57. The summed E-state index contributed by atoms with van der Waals surface area (Å²) in [4.78, 5) is 24.7. The molecule has 0 aliphatic heterocycles. The first-order valence-corrected chi connectivity index (χ1v) is 6.57. The number of ketones is 1. The molecule has 2 heterocycles. The molecule has 0 fully saturated rings. The minimum atomic E-state index is -0.500. The van der Waals surface area contributed by atoms with Gasteiger partial charge in [-0.2, -0.15) is 0 Å². The maximum atomic E-state index is 12.4. The van der Waals surface area contributed by atoms with Crippen LogP contribution in [0.2, 0.25) is 0 Å². The van der Waals surface area contributed by atoms with E-state index < -0.39 is 11.7 Å². The zero-order chi connectivity index (χ0) is 15.5. The summed E-state index contributed by atoms with van der Waals surface area (Å²) >= 11 is 0. The minimum absolute atomic E-state index is 0.0686. The van der Waals surface area contributed by atoms with Crippen LogP contribution in [-0.2, 0) is 0 Å². The van der Waals surface area contributed by atoms with E-state index in [4.69, 9.17) is 8.94 Å². The van der Waals surface area contributed by atoms with E-state index in [0.29, 0.717) is 5.69 Å². The Labute approximate surface area is 125 Å². The van der Waals surface area contributed by atoms with Crippen LogP contribution in [0.15, 0.2) is 57.7 Å². The maximum absolute atomic E-state index is 12.4. The number of aryl methyl sites for hydroxylation is 1. The highest BCUT2D eigenvalue weighted by Gasteiger charge is 2.27. The van der Waals surface area contributed by atoms with Crippen LogP contribution in [0.3, 0.4) is 0 Å². The van der Waals surface area contributed by atoms with E-state index in [1.807, 2.05) is 6.07 Å². The van der Waals surface area contributed by atoms with E-state index in [2.05, 4.69) is 10.5 Å². The molecule has 0 saturated carbocycles. The minimum Gasteiger partial charge on any atom is -0.461 e. The van der Waals surface area contributed by atoms with Crippen molar-refractivity contribution in [2.24, 2.45) is 0 Å². The molecule has 0 aliphatic carbocycles. The molecular weight excluding hydrogens is 284 g/mol. The summed E-state index contributed by atoms with van der Waals surface area (Å²) in [5.74, 6) is -0.592. The molecule has 6 heteroatoms. The standard InChI is InChI=1S/C16H12N2O4/c1-10-13(16(20)17-11-6-3-2-4-7-11)14(18-22-10)15(19)12-8-5-9-21-12/h2-9H,1H3,(H,17,20). The molecule has 1 aromatic carbocycles. The van der Waals surface area contributed by atoms with Crippen molar-refractivity contribution >= 4 is 17.4 Å². The predicted octanol–water partition coefficient (Wildman–Crippen LogP) is 3.06. The van der Waals surface area contributed by atoms with Crippen molar-refractivity contribution in [3.63, 3.8) is 0 Å². The number of furan rings is 1. The fraction of sp³-hybridized carbons (Fsp3) is 0.0625. The summed E-state index contributed by atoms with van der Waals surface area (Å²) in [7, 11) is 0. The van der Waals surface area contributed by atoms with Gasteiger partial charge in [-0.1, -0.05) is 23.4 Å². The van der Waals surface area contributed by atoms with Gasteiger partial charge in [-0.05, 0) is 31.2 Å². The first kappa shape index (κ1) is 13.8. The molecule has 0 aliphatic rings. The molecule has 3 rings (SSSR count). The quantitative estimate of drug-likeness (QED) is 0.748. The number of aromatic nitrogens is 1. The Balaban J connectivity index is 1.92. The largest absolute Gasteiger partial charge is 0.461 e. The molecule has 2 aromatic heterocycles. The van der Waals surface area contributed by atoms with Gasteiger partial charge < -0.3 is 14.3 Å². The number of amides is 1. The second kappa shape index (κ2) is 5.69. The summed E-state index contributed by atoms with van der Waals surface area (Å²) in [5, 5.41) is 6.39. The van der Waals surface area contributed by atoms with Gasteiger partial charge in [0.2, 0.25) is 0 Å². The van der Waals surface area contributed by atoms with Crippen molar-refractivity contribution in [3.05, 3.63) is 71.5 Å². The number of carbonyl (C=O) groups excluding carboxylic acids is 2. The summed E-state index contributed by atoms with van der Waals surface area (Å²) in [6.07, 6.45) is 1.38. The molecule has 3 aromatic rings. The van der Waals surface area contributed by atoms with Crippen LogP contribution in [0.4, 0.5) is 5.69 Å². The molecule has 0 spiro atoms. The van der Waals surface area contributed by atoms with Crippen LogP contribution in [0, 0.1) is 6.92 Å². The van der Waals surface area contributed by atoms with Crippen LogP contribution in [0.1, 0.15) is 32.4 Å². The molecule has 22 heavy (non-hydrogen) atoms. The Morgan fingerprint density at radius 1 is 1.09 bits per heavy atom. The van der Waals surface area contributed by atoms with Gasteiger partial charge in [0.05, 0.1) is 6.26 Å². The van der Waals surface area contributed by atoms with Crippen LogP contribution in [0.25, 0.3) is 0 Å². The lowest BCUT2D eigenvalue weighted by Crippen LogP contribution is -2.16. The number of hydrogen-bond donors (Lipinski definition) is 1. The van der Waals surface area contributed by atoms with E-state index in [0.717, 1.165) is 0 Å². The Morgan fingerprint density at radius 3 is 2.55 bits per heavy atom. The molecule has 110 valence electrons. The second-order valence-electron chi connectivity index (χ2n) is 4.59. The SMILES string of the molecule is Cc1onc(C(=O)c2ccco2)c1C(=O)Nc1ccccc1. The first-order chi connectivity index (χ1) is 10.7. The summed E-state index contributed by atoms with van der Waals surface area (Å²) < 4.78 is 10.0. The third-order valence-electron chi connectivity index (χ3n) is 3.08. The van der Waals surface area contributed by atoms with Crippen LogP contribution >= 0.6 is 0 Å². The number of nitrogens with one attached hydrogen (secondary N) is 1. The van der Waals surface area contributed by atoms with E-state index in [1.165, 1.54) is 12.3 Å². The van der Waals surface area contributed by atoms with Crippen molar-refractivity contribution in [1.29, 1.82) is 0 Å². The number of rotatable bonds is 4. The number of hydrogen-bond acceptors (Lipinski definition) is 5. The Bertz CT molecular complexity index is 804. The van der Waals surface area contributed by atoms with Gasteiger partial charge in [-0.15, -0.1) is 0 Å². The molecule has 6 nitrogen and oxygen atoms in total. The van der Waals surface area contributed by atoms with Gasteiger partial charge in [0.1, 0.15) is 11.3 Å². The second-order valence-corrected chi connectivity index (χ2v) is 4.59. The zero-order valence-electron chi connectivity index (χ0n) is 11.7. The third kappa shape index (κ3) is 2.54. The lowest BCUT2D eigenvalue weighted by Gasteiger charge is -2.04. The number of anilines is 1. The van der Waals surface area contributed by atoms with E-state index in [1.54, 1.807) is 37.3 Å². The zero-order valence-corrected chi connectivity index (χ0v) is 11.7. The summed E-state index contributed by atoms with van der Waals surface area (Å²) in [6, 6.07) is 12.0. The highest BCUT2D eigenvalue weighted by Crippen LogP contribution is 2.19. The Morgan fingerprint density at radius 2 is 1.86 bits per heavy atom. The summed E-state index contributed by atoms with van der Waals surface area (Å²) in [5.41, 5.74) is 0.649. The Hall–Kier alpha value is -3.15. The molecule has 0 radical (unpaired) electrons. The van der Waals surface area contributed by atoms with Crippen LogP contribution in [-0.4, -0.2) is 16.8 Å². The molecule has 0 bridgehead atoms. The predicted molar refractivity (Wildman–Crippen MR) is 77.8 cm³/mol. The van der Waals surface area contributed by atoms with Crippen molar-refractivity contribution in [2.45, 2.75) is 6.92 Å². The van der Waals surface area contributed by atoms with Crippen molar-refractivity contribution in [2.75, 3.05) is 5.32 Å². The molecular formula is C16H12N2O4. The van der Waals surface area contributed by atoms with Crippen molar-refractivity contribution < 1.29 is 18.5 Å². The lowest BCUT2D eigenvalue weighted by molar-refractivity contribution is 0.0979. The van der Waals surface area contributed by atoms with E-state index >= 15 is 0 Å². The van der Waals surface area contributed by atoms with E-state index in [-0.39, 0.29) is 22.8 Å². The highest BCUT2D eigenvalue weighted by molar-refractivity contribution is 6.16. The van der Waals surface area contributed by atoms with Gasteiger partial charge >= 0.3 is 0 Å². The number of nitrogens with zero attached hydrogens (tertiary/aromatic N) is 1. The fourth-order valence-electron chi connectivity index (χ4n) is 2.03.